The van der Waals surface area contributed by atoms with Crippen molar-refractivity contribution in [2.24, 2.45) is 0 Å². The van der Waals surface area contributed by atoms with Crippen LogP contribution in [0.3, 0.4) is 0 Å². The standard InChI is InChI=1S/3C8H11N.7C7H10N2/c1-7(2)8-3-5-9-6-4-8;1-7(2)8-4-3-5-9-6-8;1-7(2)8-5-3-4-6-9-8;1-6(2)7-3-8-5-9-4-7;2*1-6(2)7-5-8-3-4-9-7;1-6(2)7-3-4-8-5-9-7;1-6(2)7-3-4-8-9-5-7;1-6(2)7-8-4-3-5-9-7;1-6(2)7-4-3-5-8-9-7/h3*3-7H,1-2H3;7*3-6H,1-2H3. The highest BCUT2D eigenvalue weighted by Crippen LogP contribution is 2.15. The van der Waals surface area contributed by atoms with Gasteiger partial charge in [-0.1, -0.05) is 151 Å². The van der Waals surface area contributed by atoms with Crippen molar-refractivity contribution in [2.75, 3.05) is 0 Å². The Morgan fingerprint density at radius 2 is 0.667 bits per heavy atom. The van der Waals surface area contributed by atoms with Crippen LogP contribution in [0.4, 0.5) is 0 Å². The Bertz CT molecular complexity index is 2410. The second-order valence-corrected chi connectivity index (χ2v) is 23.4. The summed E-state index contributed by atoms with van der Waals surface area (Å²) in [5.74, 6) is 6.16. The largest absolute Gasteiger partial charge is 0.265 e. The lowest BCUT2D eigenvalue weighted by atomic mass is 10.1. The fourth-order valence-corrected chi connectivity index (χ4v) is 6.52. The molecule has 0 saturated heterocycles. The van der Waals surface area contributed by atoms with Crippen molar-refractivity contribution >= 4 is 0 Å². The van der Waals surface area contributed by atoms with E-state index in [1.54, 1.807) is 93.2 Å². The van der Waals surface area contributed by atoms with Crippen LogP contribution in [0, 0.1) is 0 Å². The molecule has 90 heavy (non-hydrogen) atoms. The molecule has 0 radical (unpaired) electrons. The Hall–Kier alpha value is -8.99. The first-order chi connectivity index (χ1) is 43.0. The van der Waals surface area contributed by atoms with Crippen LogP contribution in [-0.4, -0.2) is 85.2 Å². The molecule has 0 atom stereocenters. The Labute approximate surface area is 540 Å². The zero-order chi connectivity index (χ0) is 66.9. The molecule has 0 N–H and O–H groups in total. The van der Waals surface area contributed by atoms with Crippen LogP contribution in [0.15, 0.2) is 203 Å². The molecule has 0 aliphatic carbocycles. The van der Waals surface area contributed by atoms with Gasteiger partial charge in [0.15, 0.2) is 0 Å². The molecule has 0 bridgehead atoms. The third-order valence-corrected chi connectivity index (χ3v) is 12.4. The second kappa shape index (κ2) is 49.0. The van der Waals surface area contributed by atoms with E-state index in [0.717, 1.165) is 34.3 Å². The molecule has 0 aliphatic heterocycles. The average Bonchev–Trinajstić information content (AvgIpc) is 3.62. The van der Waals surface area contributed by atoms with Gasteiger partial charge in [0.1, 0.15) is 18.5 Å². The quantitative estimate of drug-likeness (QED) is 0.124. The van der Waals surface area contributed by atoms with Crippen LogP contribution >= 0.6 is 0 Å². The van der Waals surface area contributed by atoms with Crippen LogP contribution in [0.25, 0.3) is 0 Å². The molecule has 10 rings (SSSR count). The summed E-state index contributed by atoms with van der Waals surface area (Å²) < 4.78 is 0. The van der Waals surface area contributed by atoms with Crippen molar-refractivity contribution < 1.29 is 0 Å². The van der Waals surface area contributed by atoms with E-state index < -0.39 is 0 Å². The lowest BCUT2D eigenvalue weighted by Crippen LogP contribution is -1.93. The normalized spacial score (nSPS) is 10.1. The van der Waals surface area contributed by atoms with E-state index in [1.807, 2.05) is 104 Å². The summed E-state index contributed by atoms with van der Waals surface area (Å²) in [5.41, 5.74) is 10.5. The van der Waals surface area contributed by atoms with Crippen molar-refractivity contribution in [3.63, 3.8) is 0 Å². The van der Waals surface area contributed by atoms with E-state index in [4.69, 9.17) is 0 Å². The van der Waals surface area contributed by atoms with Gasteiger partial charge in [0, 0.05) is 129 Å². The van der Waals surface area contributed by atoms with Crippen LogP contribution in [-0.2, 0) is 0 Å². The molecule has 17 nitrogen and oxygen atoms in total. The van der Waals surface area contributed by atoms with E-state index in [2.05, 4.69) is 230 Å². The van der Waals surface area contributed by atoms with Gasteiger partial charge in [-0.15, -0.1) is 0 Å². The number of pyridine rings is 3. The minimum atomic E-state index is 0.436. The van der Waals surface area contributed by atoms with E-state index in [9.17, 15) is 0 Å². The first kappa shape index (κ1) is 79.0. The van der Waals surface area contributed by atoms with E-state index >= 15 is 0 Å². The Morgan fingerprint density at radius 1 is 0.211 bits per heavy atom. The summed E-state index contributed by atoms with van der Waals surface area (Å²) in [6.45, 7) is 42.5. The highest BCUT2D eigenvalue weighted by molar-refractivity contribution is 5.14. The Morgan fingerprint density at radius 3 is 0.967 bits per heavy atom. The van der Waals surface area contributed by atoms with Crippen LogP contribution in [0.5, 0.6) is 0 Å². The van der Waals surface area contributed by atoms with Crippen LogP contribution in [0.2, 0.25) is 0 Å². The molecular formula is C73H103N17. The summed E-state index contributed by atoms with van der Waals surface area (Å²) in [6.07, 6.45) is 36.9. The molecule has 10 aromatic rings. The maximum Gasteiger partial charge on any atom is 0.130 e. The van der Waals surface area contributed by atoms with Gasteiger partial charge in [0.05, 0.1) is 23.3 Å². The molecule has 0 spiro atoms. The molecule has 17 heteroatoms. The predicted molar refractivity (Wildman–Crippen MR) is 368 cm³/mol. The molecule has 0 amide bonds. The molecule has 10 heterocycles. The lowest BCUT2D eigenvalue weighted by molar-refractivity contribution is 0.774. The van der Waals surface area contributed by atoms with E-state index in [-0.39, 0.29) is 0 Å². The Balaban J connectivity index is 0.000000500. The fourth-order valence-electron chi connectivity index (χ4n) is 6.52. The molecule has 10 aromatic heterocycles. The summed E-state index contributed by atoms with van der Waals surface area (Å²) in [6, 6.07) is 23.8. The maximum absolute atomic E-state index is 4.18. The highest BCUT2D eigenvalue weighted by atomic mass is 15.1. The summed E-state index contributed by atoms with van der Waals surface area (Å²) in [7, 11) is 0. The van der Waals surface area contributed by atoms with Gasteiger partial charge < -0.3 is 0 Å². The third-order valence-electron chi connectivity index (χ3n) is 12.4. The minimum absolute atomic E-state index is 0.436. The molecule has 480 valence electrons. The van der Waals surface area contributed by atoms with Crippen molar-refractivity contribution in [1.82, 2.24) is 85.2 Å². The van der Waals surface area contributed by atoms with Gasteiger partial charge in [-0.3, -0.25) is 34.9 Å². The van der Waals surface area contributed by atoms with Gasteiger partial charge >= 0.3 is 0 Å². The average molecular weight is 1220 g/mol. The van der Waals surface area contributed by atoms with E-state index in [1.165, 1.54) is 22.3 Å². The van der Waals surface area contributed by atoms with Crippen LogP contribution < -0.4 is 0 Å². The van der Waals surface area contributed by atoms with Gasteiger partial charge in [-0.2, -0.15) is 20.4 Å². The van der Waals surface area contributed by atoms with Gasteiger partial charge in [-0.25, -0.2) is 29.9 Å². The van der Waals surface area contributed by atoms with Gasteiger partial charge in [0.2, 0.25) is 0 Å². The predicted octanol–water partition coefficient (Wildman–Crippen LogP) is 17.8. The molecule has 0 saturated carbocycles. The number of aromatic nitrogens is 17. The first-order valence-electron chi connectivity index (χ1n) is 31.1. The number of hydrogen-bond acceptors (Lipinski definition) is 17. The summed E-state index contributed by atoms with van der Waals surface area (Å²) in [4.78, 5) is 52.0. The number of nitrogens with zero attached hydrogens (tertiary/aromatic N) is 17. The van der Waals surface area contributed by atoms with Gasteiger partial charge in [0.25, 0.3) is 0 Å². The fraction of sp³-hybridized carbons (Fsp3) is 0.411. The highest BCUT2D eigenvalue weighted by Gasteiger charge is 2.02. The van der Waals surface area contributed by atoms with Gasteiger partial charge in [-0.05, 0) is 136 Å². The Kier molecular flexibility index (Phi) is 43.0. The number of hydrogen-bond donors (Lipinski definition) is 0. The topological polar surface area (TPSA) is 219 Å². The van der Waals surface area contributed by atoms with Crippen molar-refractivity contribution in [1.29, 1.82) is 0 Å². The first-order valence-corrected chi connectivity index (χ1v) is 31.1. The summed E-state index contributed by atoms with van der Waals surface area (Å²) >= 11 is 0. The van der Waals surface area contributed by atoms with Crippen molar-refractivity contribution in [3.05, 3.63) is 260 Å². The van der Waals surface area contributed by atoms with Crippen molar-refractivity contribution in [3.8, 4) is 0 Å². The molecule has 0 fully saturated rings. The second-order valence-electron chi connectivity index (χ2n) is 23.4. The lowest BCUT2D eigenvalue weighted by Gasteiger charge is -2.01. The summed E-state index contributed by atoms with van der Waals surface area (Å²) in [5, 5.41) is 15.1. The van der Waals surface area contributed by atoms with E-state index in [0.29, 0.717) is 59.2 Å². The zero-order valence-electron chi connectivity index (χ0n) is 57.4. The molecule has 0 aromatic carbocycles. The number of rotatable bonds is 10. The third kappa shape index (κ3) is 39.0. The van der Waals surface area contributed by atoms with Crippen molar-refractivity contribution in [2.45, 2.75) is 198 Å². The maximum atomic E-state index is 4.18. The smallest absolute Gasteiger partial charge is 0.130 e. The molecule has 0 aliphatic rings. The zero-order valence-corrected chi connectivity index (χ0v) is 57.4. The van der Waals surface area contributed by atoms with Crippen LogP contribution in [0.1, 0.15) is 254 Å². The monoisotopic (exact) mass is 1220 g/mol. The minimum Gasteiger partial charge on any atom is -0.265 e. The molecular weight excluding hydrogens is 1110 g/mol. The molecule has 0 unspecified atom stereocenters. The SMILES string of the molecule is CC(C)c1ccccn1.CC(C)c1cccnc1.CC(C)c1cccnn1.CC(C)c1ccncc1.CC(C)c1ccncn1.CC(C)c1ccnnc1.CC(C)c1cnccn1.CC(C)c1cnccn1.CC(C)c1cncnc1.CC(C)c1ncccn1.